The van der Waals surface area contributed by atoms with Crippen molar-refractivity contribution >= 4 is 47.2 Å². The number of fused-ring (bicyclic) bond motifs is 1. The standard InChI is InChI=1S/C29H37N5O6S/c1-3-16(2)25(30)28(38)32-22(12-17-8-10-19(35)11-9-17)26(36)34-24(15-41)27(37)33-23(29(39)40)13-18-14-31-21-7-5-4-6-20(18)21/h4-11,14,16,22-25,31,35,41H,3,12-13,15,30H2,1-2H3,(H,32,38)(H,33,37)(H,34,36)(H,39,40). The number of hydrogen-bond donors (Lipinski definition) is 8. The van der Waals surface area contributed by atoms with Crippen LogP contribution in [0.3, 0.4) is 0 Å². The fourth-order valence-electron chi connectivity index (χ4n) is 4.32. The Kier molecular flexibility index (Phi) is 11.2. The lowest BCUT2D eigenvalue weighted by Crippen LogP contribution is -2.58. The average Bonchev–Trinajstić information content (AvgIpc) is 3.37. The second-order valence-electron chi connectivity index (χ2n) is 10.0. The van der Waals surface area contributed by atoms with Crippen molar-refractivity contribution in [1.29, 1.82) is 0 Å². The minimum absolute atomic E-state index is 0.0192. The number of aromatic nitrogens is 1. The maximum atomic E-state index is 13.4. The first-order chi connectivity index (χ1) is 19.5. The summed E-state index contributed by atoms with van der Waals surface area (Å²) in [5, 5.41) is 28.0. The summed E-state index contributed by atoms with van der Waals surface area (Å²) in [6, 6.07) is 9.16. The maximum Gasteiger partial charge on any atom is 0.326 e. The number of benzene rings is 2. The predicted octanol–water partition coefficient (Wildman–Crippen LogP) is 1.50. The Labute approximate surface area is 243 Å². The zero-order chi connectivity index (χ0) is 30.1. The maximum absolute atomic E-state index is 13.4. The van der Waals surface area contributed by atoms with Gasteiger partial charge in [-0.2, -0.15) is 12.6 Å². The topological polar surface area (TPSA) is 187 Å². The molecule has 12 heteroatoms. The number of nitrogens with one attached hydrogen (secondary N) is 4. The van der Waals surface area contributed by atoms with Gasteiger partial charge < -0.3 is 36.9 Å². The minimum Gasteiger partial charge on any atom is -0.508 e. The van der Waals surface area contributed by atoms with E-state index < -0.39 is 47.9 Å². The summed E-state index contributed by atoms with van der Waals surface area (Å²) in [6.45, 7) is 3.73. The van der Waals surface area contributed by atoms with Crippen molar-refractivity contribution < 1.29 is 29.4 Å². The van der Waals surface area contributed by atoms with Gasteiger partial charge in [0.25, 0.3) is 0 Å². The van der Waals surface area contributed by atoms with E-state index in [4.69, 9.17) is 5.73 Å². The van der Waals surface area contributed by atoms with Gasteiger partial charge in [0.2, 0.25) is 17.7 Å². The monoisotopic (exact) mass is 583 g/mol. The van der Waals surface area contributed by atoms with Gasteiger partial charge in [0.15, 0.2) is 0 Å². The number of rotatable bonds is 14. The van der Waals surface area contributed by atoms with Crippen molar-refractivity contribution in [3.63, 3.8) is 0 Å². The summed E-state index contributed by atoms with van der Waals surface area (Å²) in [4.78, 5) is 54.4. The highest BCUT2D eigenvalue weighted by Crippen LogP contribution is 2.19. The molecule has 0 bridgehead atoms. The molecule has 1 aromatic heterocycles. The van der Waals surface area contributed by atoms with E-state index in [2.05, 4.69) is 33.6 Å². The normalized spacial score (nSPS) is 14.8. The van der Waals surface area contributed by atoms with Crippen LogP contribution in [0.25, 0.3) is 10.9 Å². The molecule has 0 aliphatic rings. The first-order valence-corrected chi connectivity index (χ1v) is 14.0. The molecule has 0 fully saturated rings. The number of carbonyl (C=O) groups excluding carboxylic acids is 3. The van der Waals surface area contributed by atoms with Crippen LogP contribution in [-0.4, -0.2) is 68.8 Å². The highest BCUT2D eigenvalue weighted by atomic mass is 32.1. The Morgan fingerprint density at radius 2 is 1.51 bits per heavy atom. The van der Waals surface area contributed by atoms with Gasteiger partial charge in [0, 0.05) is 35.7 Å². The molecule has 5 unspecified atom stereocenters. The second-order valence-corrected chi connectivity index (χ2v) is 10.4. The van der Waals surface area contributed by atoms with Crippen molar-refractivity contribution in [2.45, 2.75) is 57.3 Å². The zero-order valence-corrected chi connectivity index (χ0v) is 23.9. The quantitative estimate of drug-likeness (QED) is 0.132. The van der Waals surface area contributed by atoms with Crippen LogP contribution in [0.15, 0.2) is 54.7 Å². The van der Waals surface area contributed by atoms with E-state index in [1.165, 1.54) is 12.1 Å². The highest BCUT2D eigenvalue weighted by Gasteiger charge is 2.31. The van der Waals surface area contributed by atoms with Crippen LogP contribution < -0.4 is 21.7 Å². The van der Waals surface area contributed by atoms with Crippen molar-refractivity contribution in [3.05, 3.63) is 65.9 Å². The van der Waals surface area contributed by atoms with Crippen LogP contribution in [0.4, 0.5) is 0 Å². The summed E-state index contributed by atoms with van der Waals surface area (Å²) in [7, 11) is 0. The van der Waals surface area contributed by atoms with Gasteiger partial charge in [0.05, 0.1) is 6.04 Å². The number of carboxylic acid groups (broad SMARTS) is 1. The summed E-state index contributed by atoms with van der Waals surface area (Å²) in [5.41, 5.74) is 8.28. The van der Waals surface area contributed by atoms with Crippen LogP contribution in [0.5, 0.6) is 5.75 Å². The van der Waals surface area contributed by atoms with Gasteiger partial charge in [-0.05, 0) is 35.2 Å². The minimum atomic E-state index is -1.26. The molecule has 0 spiro atoms. The number of amides is 3. The molecule has 2 aromatic carbocycles. The molecule has 5 atom stereocenters. The van der Waals surface area contributed by atoms with E-state index in [9.17, 15) is 29.4 Å². The average molecular weight is 584 g/mol. The molecule has 11 nitrogen and oxygen atoms in total. The van der Waals surface area contributed by atoms with Gasteiger partial charge >= 0.3 is 5.97 Å². The Balaban J connectivity index is 1.73. The SMILES string of the molecule is CCC(C)C(N)C(=O)NC(Cc1ccc(O)cc1)C(=O)NC(CS)C(=O)NC(Cc1c[nH]c2ccccc12)C(=O)O. The van der Waals surface area contributed by atoms with E-state index in [1.54, 1.807) is 18.3 Å². The second kappa shape index (κ2) is 14.6. The molecule has 3 amide bonds. The number of para-hydroxylation sites is 1. The van der Waals surface area contributed by atoms with Gasteiger partial charge in [-0.15, -0.1) is 0 Å². The van der Waals surface area contributed by atoms with Crippen LogP contribution in [0.1, 0.15) is 31.4 Å². The Morgan fingerprint density at radius 3 is 2.15 bits per heavy atom. The van der Waals surface area contributed by atoms with Gasteiger partial charge in [-0.25, -0.2) is 4.79 Å². The lowest BCUT2D eigenvalue weighted by atomic mass is 9.98. The van der Waals surface area contributed by atoms with Crippen molar-refractivity contribution in [2.24, 2.45) is 11.7 Å². The lowest BCUT2D eigenvalue weighted by molar-refractivity contribution is -0.142. The predicted molar refractivity (Wildman–Crippen MR) is 159 cm³/mol. The Bertz CT molecular complexity index is 1360. The van der Waals surface area contributed by atoms with Crippen LogP contribution >= 0.6 is 12.6 Å². The molecule has 0 aliphatic heterocycles. The molecule has 0 saturated heterocycles. The third-order valence-electron chi connectivity index (χ3n) is 7.10. The molecule has 220 valence electrons. The molecule has 3 aromatic rings. The van der Waals surface area contributed by atoms with Crippen LogP contribution in [0.2, 0.25) is 0 Å². The Morgan fingerprint density at radius 1 is 0.902 bits per heavy atom. The number of phenolic OH excluding ortho intramolecular Hbond substituents is 1. The van der Waals surface area contributed by atoms with E-state index in [1.807, 2.05) is 38.1 Å². The van der Waals surface area contributed by atoms with E-state index >= 15 is 0 Å². The first-order valence-electron chi connectivity index (χ1n) is 13.4. The fourth-order valence-corrected chi connectivity index (χ4v) is 4.57. The molecule has 0 aliphatic carbocycles. The van der Waals surface area contributed by atoms with E-state index in [0.717, 1.165) is 10.9 Å². The largest absolute Gasteiger partial charge is 0.508 e. The van der Waals surface area contributed by atoms with Crippen molar-refractivity contribution in [1.82, 2.24) is 20.9 Å². The summed E-state index contributed by atoms with van der Waals surface area (Å²) >= 11 is 4.20. The van der Waals surface area contributed by atoms with E-state index in [0.29, 0.717) is 17.5 Å². The van der Waals surface area contributed by atoms with Crippen LogP contribution in [0, 0.1) is 5.92 Å². The number of nitrogens with two attached hydrogens (primary N) is 1. The molecule has 3 rings (SSSR count). The van der Waals surface area contributed by atoms with Gasteiger partial charge in [0.1, 0.15) is 23.9 Å². The number of hydrogen-bond acceptors (Lipinski definition) is 7. The number of aliphatic carboxylic acids is 1. The van der Waals surface area contributed by atoms with Crippen LogP contribution in [-0.2, 0) is 32.0 Å². The number of aromatic hydroxyl groups is 1. The number of aromatic amines is 1. The van der Waals surface area contributed by atoms with Gasteiger partial charge in [-0.1, -0.05) is 50.6 Å². The first kappa shape index (κ1) is 31.5. The number of H-pyrrole nitrogens is 1. The molecule has 0 radical (unpaired) electrons. The summed E-state index contributed by atoms with van der Waals surface area (Å²) in [6.07, 6.45) is 2.44. The summed E-state index contributed by atoms with van der Waals surface area (Å²) < 4.78 is 0. The summed E-state index contributed by atoms with van der Waals surface area (Å²) in [5.74, 6) is -3.35. The molecule has 1 heterocycles. The third-order valence-corrected chi connectivity index (χ3v) is 7.46. The van der Waals surface area contributed by atoms with E-state index in [-0.39, 0.29) is 30.3 Å². The Hall–Kier alpha value is -4.03. The lowest BCUT2D eigenvalue weighted by Gasteiger charge is -2.25. The molecular formula is C29H37N5O6S. The number of phenols is 1. The molecular weight excluding hydrogens is 546 g/mol. The molecule has 41 heavy (non-hydrogen) atoms. The number of carbonyl (C=O) groups is 4. The molecule has 8 N–H and O–H groups in total. The number of thiol groups is 1. The number of carboxylic acids is 1. The smallest absolute Gasteiger partial charge is 0.326 e. The van der Waals surface area contributed by atoms with Crippen molar-refractivity contribution in [2.75, 3.05) is 5.75 Å². The zero-order valence-electron chi connectivity index (χ0n) is 23.0. The van der Waals surface area contributed by atoms with Crippen molar-refractivity contribution in [3.8, 4) is 5.75 Å². The van der Waals surface area contributed by atoms with Gasteiger partial charge in [-0.3, -0.25) is 14.4 Å². The molecule has 0 saturated carbocycles. The third kappa shape index (κ3) is 8.48. The fraction of sp³-hybridized carbons (Fsp3) is 0.379. The highest BCUT2D eigenvalue weighted by molar-refractivity contribution is 7.80.